The average molecular weight is 388 g/mol. The number of anilines is 2. The van der Waals surface area contributed by atoms with Gasteiger partial charge in [-0.2, -0.15) is 0 Å². The van der Waals surface area contributed by atoms with Crippen molar-refractivity contribution in [3.8, 4) is 0 Å². The summed E-state index contributed by atoms with van der Waals surface area (Å²) in [4.78, 5) is 12.7. The zero-order valence-corrected chi connectivity index (χ0v) is 15.3. The molecule has 2 aromatic carbocycles. The van der Waals surface area contributed by atoms with Gasteiger partial charge in [0.1, 0.15) is 5.57 Å². The van der Waals surface area contributed by atoms with Crippen LogP contribution in [0.5, 0.6) is 0 Å². The fourth-order valence-electron chi connectivity index (χ4n) is 2.17. The molecule has 132 valence electrons. The van der Waals surface area contributed by atoms with Gasteiger partial charge in [-0.3, -0.25) is 4.79 Å². The first-order valence-corrected chi connectivity index (χ1v) is 8.50. The van der Waals surface area contributed by atoms with Gasteiger partial charge in [0.2, 0.25) is 0 Å². The van der Waals surface area contributed by atoms with Gasteiger partial charge in [0.05, 0.1) is 5.69 Å². The molecule has 0 aliphatic rings. The molecule has 0 saturated carbocycles. The standard InChI is InChI=1S/C19H15Cl2N3O2/c1-12-10-18(26-24-12)17(11-22-15-6-2-13(20)3-7-15)19(25)23-16-8-4-14(21)5-9-16/h2-11,22H,1H3,(H,23,25)/b17-11+. The lowest BCUT2D eigenvalue weighted by atomic mass is 10.2. The van der Waals surface area contributed by atoms with Crippen molar-refractivity contribution >= 4 is 46.1 Å². The second-order valence-electron chi connectivity index (χ2n) is 5.50. The van der Waals surface area contributed by atoms with Gasteiger partial charge in [-0.25, -0.2) is 0 Å². The van der Waals surface area contributed by atoms with Crippen LogP contribution in [0.1, 0.15) is 11.5 Å². The number of nitrogens with one attached hydrogen (secondary N) is 2. The molecule has 7 heteroatoms. The first kappa shape index (κ1) is 18.0. The molecule has 0 atom stereocenters. The van der Waals surface area contributed by atoms with E-state index in [1.807, 2.05) is 0 Å². The first-order chi connectivity index (χ1) is 12.5. The number of aromatic nitrogens is 1. The van der Waals surface area contributed by atoms with Gasteiger partial charge in [0.15, 0.2) is 5.76 Å². The third-order valence-electron chi connectivity index (χ3n) is 3.47. The van der Waals surface area contributed by atoms with Crippen LogP contribution in [0.2, 0.25) is 10.0 Å². The fourth-order valence-corrected chi connectivity index (χ4v) is 2.42. The van der Waals surface area contributed by atoms with Crippen LogP contribution in [-0.2, 0) is 4.79 Å². The highest BCUT2D eigenvalue weighted by Crippen LogP contribution is 2.21. The summed E-state index contributed by atoms with van der Waals surface area (Å²) in [7, 11) is 0. The Morgan fingerprint density at radius 2 is 1.58 bits per heavy atom. The zero-order chi connectivity index (χ0) is 18.5. The lowest BCUT2D eigenvalue weighted by Gasteiger charge is -2.08. The van der Waals surface area contributed by atoms with Crippen molar-refractivity contribution in [2.45, 2.75) is 6.92 Å². The average Bonchev–Trinajstić information content (AvgIpc) is 3.05. The summed E-state index contributed by atoms with van der Waals surface area (Å²) in [6, 6.07) is 15.6. The molecule has 3 rings (SSSR count). The number of halogens is 2. The van der Waals surface area contributed by atoms with Gasteiger partial charge in [-0.05, 0) is 55.5 Å². The Kier molecular flexibility index (Phi) is 5.61. The number of carbonyl (C=O) groups excluding carboxylic acids is 1. The van der Waals surface area contributed by atoms with Crippen molar-refractivity contribution in [2.24, 2.45) is 0 Å². The van der Waals surface area contributed by atoms with E-state index in [0.717, 1.165) is 5.69 Å². The smallest absolute Gasteiger partial charge is 0.261 e. The monoisotopic (exact) mass is 387 g/mol. The highest BCUT2D eigenvalue weighted by molar-refractivity contribution is 6.31. The number of hydrogen-bond acceptors (Lipinski definition) is 4. The number of hydrogen-bond donors (Lipinski definition) is 2. The van der Waals surface area contributed by atoms with Crippen LogP contribution in [0.15, 0.2) is 65.3 Å². The number of aryl methyl sites for hydroxylation is 1. The molecule has 3 aromatic rings. The van der Waals surface area contributed by atoms with Crippen LogP contribution < -0.4 is 10.6 Å². The molecular weight excluding hydrogens is 373 g/mol. The molecule has 5 nitrogen and oxygen atoms in total. The molecule has 0 aliphatic heterocycles. The normalized spacial score (nSPS) is 11.3. The summed E-state index contributed by atoms with van der Waals surface area (Å²) >= 11 is 11.8. The Balaban J connectivity index is 1.84. The summed E-state index contributed by atoms with van der Waals surface area (Å²) in [5, 5.41) is 10.9. The van der Waals surface area contributed by atoms with E-state index >= 15 is 0 Å². The lowest BCUT2D eigenvalue weighted by molar-refractivity contribution is -0.111. The summed E-state index contributed by atoms with van der Waals surface area (Å²) in [5.74, 6) is 0.0142. The van der Waals surface area contributed by atoms with Crippen molar-refractivity contribution in [1.82, 2.24) is 5.16 Å². The molecule has 0 unspecified atom stereocenters. The zero-order valence-electron chi connectivity index (χ0n) is 13.8. The largest absolute Gasteiger partial charge is 0.361 e. The van der Waals surface area contributed by atoms with Crippen LogP contribution in [0.3, 0.4) is 0 Å². The highest BCUT2D eigenvalue weighted by Gasteiger charge is 2.17. The van der Waals surface area contributed by atoms with Gasteiger partial charge < -0.3 is 15.2 Å². The second-order valence-corrected chi connectivity index (χ2v) is 6.38. The maximum atomic E-state index is 12.7. The predicted molar refractivity (Wildman–Crippen MR) is 104 cm³/mol. The van der Waals surface area contributed by atoms with E-state index in [-0.39, 0.29) is 5.91 Å². The summed E-state index contributed by atoms with van der Waals surface area (Å²) in [6.45, 7) is 1.79. The van der Waals surface area contributed by atoms with E-state index < -0.39 is 0 Å². The Morgan fingerprint density at radius 3 is 2.12 bits per heavy atom. The van der Waals surface area contributed by atoms with Crippen molar-refractivity contribution < 1.29 is 9.32 Å². The minimum Gasteiger partial charge on any atom is -0.361 e. The van der Waals surface area contributed by atoms with E-state index in [4.69, 9.17) is 27.7 Å². The second kappa shape index (κ2) is 8.08. The van der Waals surface area contributed by atoms with Gasteiger partial charge in [-0.1, -0.05) is 28.4 Å². The van der Waals surface area contributed by atoms with Gasteiger partial charge >= 0.3 is 0 Å². The summed E-state index contributed by atoms with van der Waals surface area (Å²) in [5.41, 5.74) is 2.38. The fraction of sp³-hybridized carbons (Fsp3) is 0.0526. The highest BCUT2D eigenvalue weighted by atomic mass is 35.5. The molecule has 1 aromatic heterocycles. The molecule has 2 N–H and O–H groups in total. The molecule has 0 saturated heterocycles. The Bertz CT molecular complexity index is 932. The molecule has 26 heavy (non-hydrogen) atoms. The number of rotatable bonds is 5. The lowest BCUT2D eigenvalue weighted by Crippen LogP contribution is -2.14. The van der Waals surface area contributed by atoms with E-state index in [9.17, 15) is 4.79 Å². The molecule has 0 radical (unpaired) electrons. The van der Waals surface area contributed by atoms with E-state index in [2.05, 4.69) is 15.8 Å². The summed E-state index contributed by atoms with van der Waals surface area (Å²) < 4.78 is 5.25. The Labute approximate surface area is 160 Å². The van der Waals surface area contributed by atoms with Crippen LogP contribution in [0.4, 0.5) is 11.4 Å². The molecule has 0 aliphatic carbocycles. The molecule has 1 heterocycles. The van der Waals surface area contributed by atoms with Gasteiger partial charge in [-0.15, -0.1) is 0 Å². The number of amides is 1. The number of carbonyl (C=O) groups is 1. The molecule has 0 fully saturated rings. The molecular formula is C19H15Cl2N3O2. The quantitative estimate of drug-likeness (QED) is 0.576. The number of nitrogens with zero attached hydrogens (tertiary/aromatic N) is 1. The molecule has 1 amide bonds. The van der Waals surface area contributed by atoms with E-state index in [1.54, 1.807) is 67.7 Å². The third-order valence-corrected chi connectivity index (χ3v) is 3.97. The molecule has 0 spiro atoms. The minimum atomic E-state index is -0.343. The summed E-state index contributed by atoms with van der Waals surface area (Å²) in [6.07, 6.45) is 1.56. The third kappa shape index (κ3) is 4.65. The van der Waals surface area contributed by atoms with Crippen LogP contribution in [-0.4, -0.2) is 11.1 Å². The maximum absolute atomic E-state index is 12.7. The van der Waals surface area contributed by atoms with E-state index in [0.29, 0.717) is 32.8 Å². The van der Waals surface area contributed by atoms with Crippen molar-refractivity contribution in [3.63, 3.8) is 0 Å². The van der Waals surface area contributed by atoms with Crippen LogP contribution in [0, 0.1) is 6.92 Å². The Morgan fingerprint density at radius 1 is 1.00 bits per heavy atom. The predicted octanol–water partition coefficient (Wildman–Crippen LogP) is 5.38. The number of benzene rings is 2. The van der Waals surface area contributed by atoms with Crippen molar-refractivity contribution in [3.05, 3.63) is 82.3 Å². The Hall–Kier alpha value is -2.76. The molecule has 0 bridgehead atoms. The van der Waals surface area contributed by atoms with E-state index in [1.165, 1.54) is 0 Å². The maximum Gasteiger partial charge on any atom is 0.261 e. The minimum absolute atomic E-state index is 0.301. The van der Waals surface area contributed by atoms with Crippen molar-refractivity contribution in [1.29, 1.82) is 0 Å². The van der Waals surface area contributed by atoms with Crippen LogP contribution in [0.25, 0.3) is 5.57 Å². The first-order valence-electron chi connectivity index (χ1n) is 7.74. The van der Waals surface area contributed by atoms with Gasteiger partial charge in [0.25, 0.3) is 5.91 Å². The van der Waals surface area contributed by atoms with Gasteiger partial charge in [0, 0.05) is 33.7 Å². The van der Waals surface area contributed by atoms with Crippen molar-refractivity contribution in [2.75, 3.05) is 10.6 Å². The SMILES string of the molecule is Cc1cc(/C(=C\Nc2ccc(Cl)cc2)C(=O)Nc2ccc(Cl)cc2)on1. The topological polar surface area (TPSA) is 67.2 Å². The van der Waals surface area contributed by atoms with Crippen LogP contribution >= 0.6 is 23.2 Å².